The molecule has 3 heterocycles. The summed E-state index contributed by atoms with van der Waals surface area (Å²) in [5, 5.41) is 2.44. The van der Waals surface area contributed by atoms with Crippen LogP contribution in [0.1, 0.15) is 23.1 Å². The molecule has 0 saturated carbocycles. The minimum Gasteiger partial charge on any atom is -0.309 e. The van der Waals surface area contributed by atoms with Crippen LogP contribution in [-0.4, -0.2) is 32.3 Å². The van der Waals surface area contributed by atoms with E-state index in [1.807, 2.05) is 60.7 Å². The lowest BCUT2D eigenvalue weighted by molar-refractivity contribution is 0.768. The molecule has 7 aromatic carbocycles. The molecule has 9 aromatic rings. The standard InChI is InChI=1S/C51H35N5/c1-4-15-34(16-5-1)48-53-49(35-17-6-2-7-18-35)55-50(54-48)36-26-28-39(29-27-36)56-45-25-13-11-23-41(45)43-31-30-42-40-22-10-12-24-44(40)51(46(42)47(43)56,37-19-8-3-9-20-37)38-21-14-32-52-33-38/h1-13,15-31,33H,14,32H2. The van der Waals surface area contributed by atoms with Gasteiger partial charge in [0.2, 0.25) is 0 Å². The Kier molecular flexibility index (Phi) is 7.46. The Labute approximate surface area is 325 Å². The number of para-hydroxylation sites is 1. The third-order valence-electron chi connectivity index (χ3n) is 11.4. The molecule has 2 aliphatic rings. The number of nitrogens with zero attached hydrogens (tertiary/aromatic N) is 5. The van der Waals surface area contributed by atoms with Crippen LogP contribution in [0.4, 0.5) is 0 Å². The topological polar surface area (TPSA) is 56.0 Å². The van der Waals surface area contributed by atoms with E-state index in [2.05, 4.69) is 132 Å². The largest absolute Gasteiger partial charge is 0.309 e. The molecule has 1 aliphatic heterocycles. The highest BCUT2D eigenvalue weighted by Crippen LogP contribution is 2.59. The van der Waals surface area contributed by atoms with Gasteiger partial charge in [0.05, 0.1) is 16.4 Å². The highest BCUT2D eigenvalue weighted by molar-refractivity contribution is 6.14. The minimum absolute atomic E-state index is 0.560. The number of rotatable bonds is 6. The molecule has 0 bridgehead atoms. The molecule has 5 nitrogen and oxygen atoms in total. The second-order valence-corrected chi connectivity index (χ2v) is 14.5. The third-order valence-corrected chi connectivity index (χ3v) is 11.4. The molecule has 0 N–H and O–H groups in total. The molecule has 1 aliphatic carbocycles. The summed E-state index contributed by atoms with van der Waals surface area (Å²) in [4.78, 5) is 19.8. The van der Waals surface area contributed by atoms with Gasteiger partial charge in [-0.2, -0.15) is 0 Å². The molecule has 0 amide bonds. The second kappa shape index (κ2) is 13.0. The van der Waals surface area contributed by atoms with Gasteiger partial charge in [-0.05, 0) is 64.6 Å². The fourth-order valence-electron chi connectivity index (χ4n) is 9.02. The van der Waals surface area contributed by atoms with Gasteiger partial charge in [-0.25, -0.2) is 15.0 Å². The van der Waals surface area contributed by atoms with Crippen molar-refractivity contribution < 1.29 is 0 Å². The van der Waals surface area contributed by atoms with Crippen molar-refractivity contribution in [3.8, 4) is 51.0 Å². The molecule has 1 atom stereocenters. The van der Waals surface area contributed by atoms with Crippen LogP contribution in [0.5, 0.6) is 0 Å². The number of hydrogen-bond donors (Lipinski definition) is 0. The Bertz CT molecular complexity index is 2940. The van der Waals surface area contributed by atoms with Crippen molar-refractivity contribution in [1.29, 1.82) is 0 Å². The average Bonchev–Trinajstić information content (AvgIpc) is 3.79. The number of benzene rings is 7. The maximum Gasteiger partial charge on any atom is 0.164 e. The van der Waals surface area contributed by atoms with Gasteiger partial charge in [-0.1, -0.05) is 152 Å². The van der Waals surface area contributed by atoms with Gasteiger partial charge >= 0.3 is 0 Å². The van der Waals surface area contributed by atoms with Crippen molar-refractivity contribution in [2.24, 2.45) is 4.99 Å². The van der Waals surface area contributed by atoms with Gasteiger partial charge in [0.15, 0.2) is 17.5 Å². The van der Waals surface area contributed by atoms with Crippen LogP contribution >= 0.6 is 0 Å². The summed E-state index contributed by atoms with van der Waals surface area (Å²) < 4.78 is 2.47. The van der Waals surface area contributed by atoms with Crippen molar-refractivity contribution in [3.05, 3.63) is 204 Å². The van der Waals surface area contributed by atoms with Crippen LogP contribution in [-0.2, 0) is 5.41 Å². The summed E-state index contributed by atoms with van der Waals surface area (Å²) >= 11 is 0. The molecule has 11 rings (SSSR count). The first-order chi connectivity index (χ1) is 27.8. The van der Waals surface area contributed by atoms with E-state index in [1.54, 1.807) is 0 Å². The van der Waals surface area contributed by atoms with Gasteiger partial charge in [0, 0.05) is 51.5 Å². The van der Waals surface area contributed by atoms with Crippen LogP contribution in [0.2, 0.25) is 0 Å². The lowest BCUT2D eigenvalue weighted by atomic mass is 9.66. The van der Waals surface area contributed by atoms with E-state index in [-0.39, 0.29) is 0 Å². The monoisotopic (exact) mass is 717 g/mol. The zero-order chi connectivity index (χ0) is 37.1. The Hall–Kier alpha value is -7.24. The summed E-state index contributed by atoms with van der Waals surface area (Å²) in [5.74, 6) is 1.93. The van der Waals surface area contributed by atoms with Crippen LogP contribution in [0.3, 0.4) is 0 Å². The van der Waals surface area contributed by atoms with E-state index in [4.69, 9.17) is 19.9 Å². The SMILES string of the molecule is C1=NCCC=C1C1(c2ccccc2)c2ccccc2-c2ccc3c4ccccc4n(-c4ccc(-c5nc(-c6ccccc6)nc(-c6ccccc6)n5)cc4)c3c21. The van der Waals surface area contributed by atoms with E-state index < -0.39 is 5.41 Å². The summed E-state index contributed by atoms with van der Waals surface area (Å²) in [7, 11) is 0. The zero-order valence-electron chi connectivity index (χ0n) is 30.5. The second-order valence-electron chi connectivity index (χ2n) is 14.5. The number of fused-ring (bicyclic) bond motifs is 7. The van der Waals surface area contributed by atoms with Crippen molar-refractivity contribution in [2.45, 2.75) is 11.8 Å². The molecule has 0 fully saturated rings. The van der Waals surface area contributed by atoms with Crippen LogP contribution < -0.4 is 0 Å². The predicted molar refractivity (Wildman–Crippen MR) is 228 cm³/mol. The summed E-state index contributed by atoms with van der Waals surface area (Å²) in [6.07, 6.45) is 5.45. The smallest absolute Gasteiger partial charge is 0.164 e. The molecular formula is C51H35N5. The third kappa shape index (κ3) is 4.87. The summed E-state index contributed by atoms with van der Waals surface area (Å²) in [5.41, 5.74) is 13.2. The maximum absolute atomic E-state index is 5.02. The Morgan fingerprint density at radius 2 is 1.07 bits per heavy atom. The van der Waals surface area contributed by atoms with Crippen molar-refractivity contribution in [3.63, 3.8) is 0 Å². The lowest BCUT2D eigenvalue weighted by Gasteiger charge is -2.36. The fourth-order valence-corrected chi connectivity index (χ4v) is 9.02. The number of hydrogen-bond acceptors (Lipinski definition) is 4. The molecule has 0 saturated heterocycles. The van der Waals surface area contributed by atoms with Crippen molar-refractivity contribution in [2.75, 3.05) is 6.54 Å². The molecular weight excluding hydrogens is 683 g/mol. The van der Waals surface area contributed by atoms with E-state index in [0.29, 0.717) is 17.5 Å². The minimum atomic E-state index is -0.560. The summed E-state index contributed by atoms with van der Waals surface area (Å²) in [6, 6.07) is 62.4. The first-order valence-electron chi connectivity index (χ1n) is 19.2. The molecule has 0 radical (unpaired) electrons. The van der Waals surface area contributed by atoms with Crippen LogP contribution in [0.15, 0.2) is 193 Å². The quantitative estimate of drug-likeness (QED) is 0.172. The maximum atomic E-state index is 5.02. The Morgan fingerprint density at radius 1 is 0.482 bits per heavy atom. The molecule has 1 unspecified atom stereocenters. The van der Waals surface area contributed by atoms with Gasteiger partial charge in [-0.15, -0.1) is 0 Å². The normalized spacial score (nSPS) is 15.8. The predicted octanol–water partition coefficient (Wildman–Crippen LogP) is 11.7. The van der Waals surface area contributed by atoms with E-state index in [0.717, 1.165) is 40.9 Å². The van der Waals surface area contributed by atoms with E-state index in [9.17, 15) is 0 Å². The molecule has 56 heavy (non-hydrogen) atoms. The highest BCUT2D eigenvalue weighted by atomic mass is 15.0. The van der Waals surface area contributed by atoms with Gasteiger partial charge in [0.1, 0.15) is 0 Å². The van der Waals surface area contributed by atoms with Gasteiger partial charge in [-0.3, -0.25) is 4.99 Å². The first kappa shape index (κ1) is 32.2. The highest BCUT2D eigenvalue weighted by Gasteiger charge is 2.49. The zero-order valence-corrected chi connectivity index (χ0v) is 30.5. The summed E-state index contributed by atoms with van der Waals surface area (Å²) in [6.45, 7) is 0.806. The van der Waals surface area contributed by atoms with Gasteiger partial charge < -0.3 is 4.57 Å². The number of allylic oxidation sites excluding steroid dienone is 1. The van der Waals surface area contributed by atoms with E-state index in [1.165, 1.54) is 49.7 Å². The lowest BCUT2D eigenvalue weighted by Crippen LogP contribution is -2.32. The number of aliphatic imine (C=N–C) groups is 1. The number of dihydropyridines is 1. The van der Waals surface area contributed by atoms with Gasteiger partial charge in [0.25, 0.3) is 0 Å². The van der Waals surface area contributed by atoms with Crippen LogP contribution in [0.25, 0.3) is 72.8 Å². The van der Waals surface area contributed by atoms with E-state index >= 15 is 0 Å². The Balaban J connectivity index is 1.16. The fraction of sp³-hybridized carbons (Fsp3) is 0.0588. The number of aromatic nitrogens is 4. The van der Waals surface area contributed by atoms with Crippen molar-refractivity contribution in [1.82, 2.24) is 19.5 Å². The van der Waals surface area contributed by atoms with Crippen LogP contribution in [0, 0.1) is 0 Å². The molecule has 2 aromatic heterocycles. The molecule has 0 spiro atoms. The Morgan fingerprint density at radius 3 is 1.73 bits per heavy atom. The first-order valence-corrected chi connectivity index (χ1v) is 19.2. The molecule has 264 valence electrons. The molecule has 5 heteroatoms. The average molecular weight is 718 g/mol. The van der Waals surface area contributed by atoms with Crippen molar-refractivity contribution >= 4 is 28.0 Å².